The van der Waals surface area contributed by atoms with Crippen LogP contribution in [0.15, 0.2) is 78.9 Å². The average molecular weight is 582 g/mol. The lowest BCUT2D eigenvalue weighted by Crippen LogP contribution is -2.58. The number of hydrogen-bond acceptors (Lipinski definition) is 5. The van der Waals surface area contributed by atoms with Crippen molar-refractivity contribution in [2.75, 3.05) is 0 Å². The van der Waals surface area contributed by atoms with Crippen LogP contribution in [-0.2, 0) is 27.3 Å². The molecule has 4 rings (SSSR count). The molecule has 0 aliphatic heterocycles. The molecule has 3 amide bonds. The number of phenolic OH excluding ortho intramolecular Hbond substituents is 1. The molecule has 2 unspecified atom stereocenters. The topological polar surface area (TPSA) is 108 Å². The Hall–Kier alpha value is -4.77. The highest BCUT2D eigenvalue weighted by atomic mass is 16.6. The number of phenols is 1. The molecule has 0 spiro atoms. The van der Waals surface area contributed by atoms with Crippen molar-refractivity contribution in [3.8, 4) is 18.1 Å². The number of carbonyl (C=O) groups excluding carboxylic acids is 3. The molecule has 0 saturated heterocycles. The first kappa shape index (κ1) is 31.2. The number of nitrogens with zero attached hydrogens (tertiary/aromatic N) is 1. The van der Waals surface area contributed by atoms with Gasteiger partial charge in [-0.05, 0) is 74.9 Å². The fourth-order valence-electron chi connectivity index (χ4n) is 5.05. The van der Waals surface area contributed by atoms with Crippen molar-refractivity contribution in [1.82, 2.24) is 15.5 Å². The predicted molar refractivity (Wildman–Crippen MR) is 165 cm³/mol. The Labute approximate surface area is 253 Å². The van der Waals surface area contributed by atoms with Crippen molar-refractivity contribution < 1.29 is 24.2 Å². The Balaban J connectivity index is 1.74. The normalized spacial score (nSPS) is 14.4. The summed E-state index contributed by atoms with van der Waals surface area (Å²) in [6.07, 6.45) is 7.59. The molecule has 3 aromatic rings. The van der Waals surface area contributed by atoms with Gasteiger partial charge in [-0.3, -0.25) is 9.59 Å². The van der Waals surface area contributed by atoms with E-state index in [0.29, 0.717) is 24.0 Å². The first-order valence-corrected chi connectivity index (χ1v) is 14.5. The molecule has 1 saturated carbocycles. The van der Waals surface area contributed by atoms with E-state index < -0.39 is 29.7 Å². The molecule has 2 atom stereocenters. The van der Waals surface area contributed by atoms with Crippen molar-refractivity contribution in [2.45, 2.75) is 76.7 Å². The van der Waals surface area contributed by atoms with Crippen LogP contribution >= 0.6 is 0 Å². The number of benzene rings is 3. The van der Waals surface area contributed by atoms with E-state index in [1.165, 1.54) is 12.1 Å². The van der Waals surface area contributed by atoms with E-state index in [9.17, 15) is 19.5 Å². The highest BCUT2D eigenvalue weighted by molar-refractivity contribution is 5.93. The molecular weight excluding hydrogens is 542 g/mol. The van der Waals surface area contributed by atoms with Gasteiger partial charge in [0.2, 0.25) is 11.8 Å². The fourth-order valence-corrected chi connectivity index (χ4v) is 5.05. The van der Waals surface area contributed by atoms with E-state index in [4.69, 9.17) is 11.2 Å². The molecule has 1 aliphatic carbocycles. The lowest BCUT2D eigenvalue weighted by molar-refractivity contribution is -0.147. The zero-order valence-corrected chi connectivity index (χ0v) is 24.9. The molecule has 0 aromatic heterocycles. The van der Waals surface area contributed by atoms with Gasteiger partial charge in [0.1, 0.15) is 23.4 Å². The molecule has 43 heavy (non-hydrogen) atoms. The predicted octanol–water partition coefficient (Wildman–Crippen LogP) is 5.25. The van der Waals surface area contributed by atoms with Gasteiger partial charge in [-0.15, -0.1) is 6.42 Å². The van der Waals surface area contributed by atoms with E-state index in [0.717, 1.165) is 17.5 Å². The summed E-state index contributed by atoms with van der Waals surface area (Å²) in [6.45, 7) is 5.50. The number of alkyl carbamates (subject to hydrolysis) is 1. The number of amides is 3. The maximum atomic E-state index is 14.6. The number of aromatic hydroxyl groups is 1. The minimum atomic E-state index is -1.05. The van der Waals surface area contributed by atoms with Crippen molar-refractivity contribution in [2.24, 2.45) is 0 Å². The van der Waals surface area contributed by atoms with Gasteiger partial charge < -0.3 is 25.4 Å². The highest BCUT2D eigenvalue weighted by Crippen LogP contribution is 2.35. The summed E-state index contributed by atoms with van der Waals surface area (Å²) < 4.78 is 5.51. The Morgan fingerprint density at radius 2 is 1.63 bits per heavy atom. The van der Waals surface area contributed by atoms with Crippen LogP contribution in [0.3, 0.4) is 0 Å². The lowest BCUT2D eigenvalue weighted by Gasteiger charge is -2.44. The zero-order chi connectivity index (χ0) is 31.0. The quantitative estimate of drug-likeness (QED) is 0.284. The molecule has 1 fully saturated rings. The van der Waals surface area contributed by atoms with Crippen LogP contribution in [-0.4, -0.2) is 45.6 Å². The van der Waals surface area contributed by atoms with Crippen LogP contribution in [0.5, 0.6) is 5.75 Å². The van der Waals surface area contributed by atoms with Gasteiger partial charge >= 0.3 is 6.09 Å². The molecule has 8 nitrogen and oxygen atoms in total. The van der Waals surface area contributed by atoms with Crippen molar-refractivity contribution in [1.29, 1.82) is 0 Å². The fraction of sp³-hybridized carbons (Fsp3) is 0.343. The SMILES string of the molecule is C#Cc1ccccc1C(C(=O)NCc1ccccc1)N(C(=O)C(Cc1ccc(O)cc1)NC(=O)OC(C)(C)C)C1CCC1. The van der Waals surface area contributed by atoms with Gasteiger partial charge in [0, 0.05) is 24.6 Å². The first-order valence-electron chi connectivity index (χ1n) is 14.5. The average Bonchev–Trinajstić information content (AvgIpc) is 2.95. The second-order valence-corrected chi connectivity index (χ2v) is 11.7. The minimum Gasteiger partial charge on any atom is -0.508 e. The van der Waals surface area contributed by atoms with Crippen LogP contribution in [0.25, 0.3) is 0 Å². The van der Waals surface area contributed by atoms with Gasteiger partial charge in [0.15, 0.2) is 0 Å². The summed E-state index contributed by atoms with van der Waals surface area (Å²) in [4.78, 5) is 43.3. The van der Waals surface area contributed by atoms with E-state index in [2.05, 4.69) is 16.6 Å². The van der Waals surface area contributed by atoms with E-state index in [-0.39, 0.29) is 30.7 Å². The largest absolute Gasteiger partial charge is 0.508 e. The van der Waals surface area contributed by atoms with E-state index in [1.54, 1.807) is 62.1 Å². The van der Waals surface area contributed by atoms with Crippen LogP contribution in [0.1, 0.15) is 68.3 Å². The molecule has 224 valence electrons. The molecule has 8 heteroatoms. The van der Waals surface area contributed by atoms with E-state index in [1.807, 2.05) is 30.3 Å². The summed E-state index contributed by atoms with van der Waals surface area (Å²) in [5.74, 6) is 1.97. The number of hydrogen-bond donors (Lipinski definition) is 3. The molecular formula is C35H39N3O5. The molecule has 0 bridgehead atoms. The molecule has 3 N–H and O–H groups in total. The Kier molecular flexibility index (Phi) is 10.1. The number of nitrogens with one attached hydrogen (secondary N) is 2. The van der Waals surface area contributed by atoms with Gasteiger partial charge in [-0.25, -0.2) is 4.79 Å². The maximum Gasteiger partial charge on any atom is 0.408 e. The van der Waals surface area contributed by atoms with Gasteiger partial charge in [-0.2, -0.15) is 0 Å². The Morgan fingerprint density at radius 1 is 0.977 bits per heavy atom. The number of ether oxygens (including phenoxy) is 1. The standard InChI is InChI=1S/C35H39N3O5/c1-5-26-14-9-10-17-29(26)31(32(40)36-23-25-12-7-6-8-13-25)38(27-15-11-16-27)33(41)30(37-34(42)43-35(2,3)4)22-24-18-20-28(39)21-19-24/h1,6-10,12-14,17-21,27,30-31,39H,11,15-16,22-23H2,2-4H3,(H,36,40)(H,37,42). The van der Waals surface area contributed by atoms with Gasteiger partial charge in [0.25, 0.3) is 0 Å². The summed E-state index contributed by atoms with van der Waals surface area (Å²) in [5, 5.41) is 15.6. The third kappa shape index (κ3) is 8.39. The zero-order valence-electron chi connectivity index (χ0n) is 24.9. The van der Waals surface area contributed by atoms with Gasteiger partial charge in [0.05, 0.1) is 0 Å². The van der Waals surface area contributed by atoms with Crippen LogP contribution < -0.4 is 10.6 Å². The van der Waals surface area contributed by atoms with Gasteiger partial charge in [-0.1, -0.05) is 66.6 Å². The molecule has 0 heterocycles. The maximum absolute atomic E-state index is 14.6. The highest BCUT2D eigenvalue weighted by Gasteiger charge is 2.42. The summed E-state index contributed by atoms with van der Waals surface area (Å²) in [7, 11) is 0. The Bertz CT molecular complexity index is 1450. The minimum absolute atomic E-state index is 0.0869. The molecule has 1 aliphatic rings. The summed E-state index contributed by atoms with van der Waals surface area (Å²) in [5.41, 5.74) is 1.90. The third-order valence-corrected chi connectivity index (χ3v) is 7.33. The second kappa shape index (κ2) is 13.9. The lowest BCUT2D eigenvalue weighted by atomic mass is 9.87. The van der Waals surface area contributed by atoms with Crippen LogP contribution in [0, 0.1) is 12.3 Å². The van der Waals surface area contributed by atoms with Crippen LogP contribution in [0.4, 0.5) is 4.79 Å². The molecule has 0 radical (unpaired) electrons. The number of rotatable bonds is 10. The molecule has 3 aromatic carbocycles. The Morgan fingerprint density at radius 3 is 2.23 bits per heavy atom. The van der Waals surface area contributed by atoms with Crippen molar-refractivity contribution >= 4 is 17.9 Å². The monoisotopic (exact) mass is 581 g/mol. The summed E-state index contributed by atoms with van der Waals surface area (Å²) in [6, 6.07) is 20.8. The van der Waals surface area contributed by atoms with Crippen molar-refractivity contribution in [3.05, 3.63) is 101 Å². The third-order valence-electron chi connectivity index (χ3n) is 7.33. The number of terminal acetylenes is 1. The van der Waals surface area contributed by atoms with Crippen molar-refractivity contribution in [3.63, 3.8) is 0 Å². The second-order valence-electron chi connectivity index (χ2n) is 11.7. The summed E-state index contributed by atoms with van der Waals surface area (Å²) >= 11 is 0. The van der Waals surface area contributed by atoms with Crippen LogP contribution in [0.2, 0.25) is 0 Å². The number of carbonyl (C=O) groups is 3. The first-order chi connectivity index (χ1) is 20.6. The van der Waals surface area contributed by atoms with E-state index >= 15 is 0 Å². The smallest absolute Gasteiger partial charge is 0.408 e.